The molecule has 0 saturated carbocycles. The van der Waals surface area contributed by atoms with Gasteiger partial charge in [-0.2, -0.15) is 4.98 Å². The number of ether oxygens (including phenoxy) is 1. The van der Waals surface area contributed by atoms with E-state index in [2.05, 4.69) is 32.3 Å². The van der Waals surface area contributed by atoms with Crippen molar-refractivity contribution in [2.45, 2.75) is 32.2 Å². The summed E-state index contributed by atoms with van der Waals surface area (Å²) < 4.78 is 10.6. The molecule has 7 heteroatoms. The van der Waals surface area contributed by atoms with Crippen LogP contribution in [0.15, 0.2) is 47.1 Å². The molecule has 29 heavy (non-hydrogen) atoms. The number of anilines is 1. The van der Waals surface area contributed by atoms with Crippen molar-refractivity contribution in [1.29, 1.82) is 0 Å². The average molecular weight is 393 g/mol. The third-order valence-corrected chi connectivity index (χ3v) is 5.42. The molecule has 152 valence electrons. The maximum Gasteiger partial charge on any atom is 0.259 e. The van der Waals surface area contributed by atoms with Crippen LogP contribution in [0.25, 0.3) is 11.5 Å². The number of nitrogens with one attached hydrogen (secondary N) is 1. The van der Waals surface area contributed by atoms with Gasteiger partial charge in [0.25, 0.3) is 5.89 Å². The maximum absolute atomic E-state index is 5.42. The standard InChI is InChI=1S/C22H27N5O2/c1-3-27-12-4-5-18(27)15-24-20-11-8-17(14-23-20)22-25-21(26-29-22)13-16-6-9-19(28-2)10-7-16/h6-11,14,18H,3-5,12-13,15H2,1-2H3,(H,23,24)/t18-/m1/s1. The van der Waals surface area contributed by atoms with E-state index in [9.17, 15) is 0 Å². The molecule has 1 fully saturated rings. The normalized spacial score (nSPS) is 16.8. The van der Waals surface area contributed by atoms with Gasteiger partial charge in [0.15, 0.2) is 5.82 Å². The highest BCUT2D eigenvalue weighted by Crippen LogP contribution is 2.21. The molecule has 1 saturated heterocycles. The molecule has 0 amide bonds. The Morgan fingerprint density at radius 3 is 2.79 bits per heavy atom. The minimum Gasteiger partial charge on any atom is -0.497 e. The van der Waals surface area contributed by atoms with Crippen molar-refractivity contribution in [2.24, 2.45) is 0 Å². The van der Waals surface area contributed by atoms with E-state index in [4.69, 9.17) is 9.26 Å². The first-order chi connectivity index (χ1) is 14.2. The van der Waals surface area contributed by atoms with E-state index in [0.717, 1.165) is 35.8 Å². The Balaban J connectivity index is 1.35. The van der Waals surface area contributed by atoms with Gasteiger partial charge in [-0.05, 0) is 55.8 Å². The zero-order valence-electron chi connectivity index (χ0n) is 17.0. The molecule has 0 spiro atoms. The SMILES string of the molecule is CCN1CCC[C@@H]1CNc1ccc(-c2nc(Cc3ccc(OC)cc3)no2)cn1. The maximum atomic E-state index is 5.42. The summed E-state index contributed by atoms with van der Waals surface area (Å²) >= 11 is 0. The lowest BCUT2D eigenvalue weighted by Gasteiger charge is -2.23. The summed E-state index contributed by atoms with van der Waals surface area (Å²) in [5.41, 5.74) is 1.92. The van der Waals surface area contributed by atoms with Gasteiger partial charge in [-0.15, -0.1) is 0 Å². The Bertz CT molecular complexity index is 908. The Hall–Kier alpha value is -2.93. The number of nitrogens with zero attached hydrogens (tertiary/aromatic N) is 4. The van der Waals surface area contributed by atoms with E-state index < -0.39 is 0 Å². The van der Waals surface area contributed by atoms with Crippen molar-refractivity contribution in [3.05, 3.63) is 54.0 Å². The van der Waals surface area contributed by atoms with Gasteiger partial charge in [0, 0.05) is 25.2 Å². The first-order valence-electron chi connectivity index (χ1n) is 10.1. The highest BCUT2D eigenvalue weighted by atomic mass is 16.5. The van der Waals surface area contributed by atoms with Gasteiger partial charge >= 0.3 is 0 Å². The number of pyridine rings is 1. The highest BCUT2D eigenvalue weighted by Gasteiger charge is 2.22. The second-order valence-electron chi connectivity index (χ2n) is 7.28. The molecule has 1 aliphatic heterocycles. The van der Waals surface area contributed by atoms with Crippen LogP contribution in [0.2, 0.25) is 0 Å². The zero-order valence-corrected chi connectivity index (χ0v) is 17.0. The van der Waals surface area contributed by atoms with E-state index in [0.29, 0.717) is 24.2 Å². The van der Waals surface area contributed by atoms with Crippen molar-refractivity contribution in [3.8, 4) is 17.2 Å². The summed E-state index contributed by atoms with van der Waals surface area (Å²) in [7, 11) is 1.66. The monoisotopic (exact) mass is 393 g/mol. The van der Waals surface area contributed by atoms with Crippen molar-refractivity contribution in [2.75, 3.05) is 32.1 Å². The lowest BCUT2D eigenvalue weighted by Crippen LogP contribution is -2.34. The van der Waals surface area contributed by atoms with Crippen molar-refractivity contribution >= 4 is 5.82 Å². The summed E-state index contributed by atoms with van der Waals surface area (Å²) in [4.78, 5) is 11.5. The molecule has 0 bridgehead atoms. The average Bonchev–Trinajstić information content (AvgIpc) is 3.42. The Morgan fingerprint density at radius 2 is 2.07 bits per heavy atom. The summed E-state index contributed by atoms with van der Waals surface area (Å²) in [6.07, 6.45) is 4.91. The molecular weight excluding hydrogens is 366 g/mol. The molecular formula is C22H27N5O2. The first kappa shape index (κ1) is 19.4. The molecule has 1 aromatic carbocycles. The number of hydrogen-bond donors (Lipinski definition) is 1. The Morgan fingerprint density at radius 1 is 1.21 bits per heavy atom. The number of methoxy groups -OCH3 is 1. The van der Waals surface area contributed by atoms with E-state index in [1.807, 2.05) is 36.4 Å². The number of likely N-dealkylation sites (N-methyl/N-ethyl adjacent to an activating group) is 1. The Kier molecular flexibility index (Phi) is 6.05. The smallest absolute Gasteiger partial charge is 0.259 e. The summed E-state index contributed by atoms with van der Waals surface area (Å²) in [6, 6.07) is 12.4. The Labute approximate surface area is 171 Å². The lowest BCUT2D eigenvalue weighted by molar-refractivity contribution is 0.277. The fourth-order valence-electron chi connectivity index (χ4n) is 3.76. The summed E-state index contributed by atoms with van der Waals surface area (Å²) in [6.45, 7) is 5.45. The van der Waals surface area contributed by atoms with E-state index >= 15 is 0 Å². The van der Waals surface area contributed by atoms with Gasteiger partial charge in [0.05, 0.1) is 12.7 Å². The summed E-state index contributed by atoms with van der Waals surface area (Å²) in [5, 5.41) is 7.54. The van der Waals surface area contributed by atoms with Crippen LogP contribution in [-0.2, 0) is 6.42 Å². The van der Waals surface area contributed by atoms with Crippen LogP contribution in [-0.4, -0.2) is 52.8 Å². The predicted octanol–water partition coefficient (Wildman–Crippen LogP) is 3.63. The summed E-state index contributed by atoms with van der Waals surface area (Å²) in [5.74, 6) is 2.83. The van der Waals surface area contributed by atoms with Gasteiger partial charge in [0.2, 0.25) is 0 Å². The molecule has 4 rings (SSSR count). The second kappa shape index (κ2) is 9.05. The molecule has 1 aliphatic rings. The van der Waals surface area contributed by atoms with Crippen LogP contribution in [0.3, 0.4) is 0 Å². The minimum absolute atomic E-state index is 0.487. The topological polar surface area (TPSA) is 76.3 Å². The van der Waals surface area contributed by atoms with Gasteiger partial charge in [-0.1, -0.05) is 24.2 Å². The van der Waals surface area contributed by atoms with Crippen molar-refractivity contribution < 1.29 is 9.26 Å². The van der Waals surface area contributed by atoms with E-state index in [1.54, 1.807) is 13.3 Å². The van der Waals surface area contributed by atoms with Crippen LogP contribution >= 0.6 is 0 Å². The third kappa shape index (κ3) is 4.74. The largest absolute Gasteiger partial charge is 0.497 e. The van der Waals surface area contributed by atoms with Gasteiger partial charge in [0.1, 0.15) is 11.6 Å². The van der Waals surface area contributed by atoms with Crippen LogP contribution < -0.4 is 10.1 Å². The predicted molar refractivity (Wildman–Crippen MR) is 112 cm³/mol. The van der Waals surface area contributed by atoms with Gasteiger partial charge in [-0.3, -0.25) is 4.90 Å². The number of likely N-dealkylation sites (tertiary alicyclic amines) is 1. The van der Waals surface area contributed by atoms with E-state index in [-0.39, 0.29) is 0 Å². The molecule has 0 aliphatic carbocycles. The van der Waals surface area contributed by atoms with E-state index in [1.165, 1.54) is 19.4 Å². The number of hydrogen-bond acceptors (Lipinski definition) is 7. The third-order valence-electron chi connectivity index (χ3n) is 5.42. The minimum atomic E-state index is 0.487. The van der Waals surface area contributed by atoms with Crippen LogP contribution in [0.1, 0.15) is 31.2 Å². The lowest BCUT2D eigenvalue weighted by atomic mass is 10.1. The molecule has 1 atom stereocenters. The second-order valence-corrected chi connectivity index (χ2v) is 7.28. The molecule has 0 unspecified atom stereocenters. The zero-order chi connectivity index (χ0) is 20.1. The molecule has 0 radical (unpaired) electrons. The molecule has 7 nitrogen and oxygen atoms in total. The van der Waals surface area contributed by atoms with Crippen LogP contribution in [0.4, 0.5) is 5.82 Å². The fourth-order valence-corrected chi connectivity index (χ4v) is 3.76. The molecule has 3 heterocycles. The first-order valence-corrected chi connectivity index (χ1v) is 10.1. The number of aromatic nitrogens is 3. The van der Waals surface area contributed by atoms with Crippen molar-refractivity contribution in [3.63, 3.8) is 0 Å². The van der Waals surface area contributed by atoms with Gasteiger partial charge < -0.3 is 14.6 Å². The highest BCUT2D eigenvalue weighted by molar-refractivity contribution is 5.54. The van der Waals surface area contributed by atoms with Crippen molar-refractivity contribution in [1.82, 2.24) is 20.0 Å². The van der Waals surface area contributed by atoms with Crippen LogP contribution in [0.5, 0.6) is 5.75 Å². The molecule has 2 aromatic heterocycles. The van der Waals surface area contributed by atoms with Crippen LogP contribution in [0, 0.1) is 0 Å². The molecule has 1 N–H and O–H groups in total. The molecule has 3 aromatic rings. The fraction of sp³-hybridized carbons (Fsp3) is 0.409. The quantitative estimate of drug-likeness (QED) is 0.626. The van der Waals surface area contributed by atoms with Gasteiger partial charge in [-0.25, -0.2) is 4.98 Å². The number of benzene rings is 1. The number of rotatable bonds is 8.